The average Bonchev–Trinajstić information content (AvgIpc) is 2.98. The van der Waals surface area contributed by atoms with E-state index in [0.717, 1.165) is 17.0 Å². The van der Waals surface area contributed by atoms with Crippen molar-refractivity contribution in [2.75, 3.05) is 11.6 Å². The van der Waals surface area contributed by atoms with E-state index in [0.29, 0.717) is 24.9 Å². The number of rotatable bonds is 1. The van der Waals surface area contributed by atoms with E-state index in [1.54, 1.807) is 22.0 Å². The first-order valence-electron chi connectivity index (χ1n) is 12.3. The molecule has 2 aromatic carbocycles. The van der Waals surface area contributed by atoms with Gasteiger partial charge in [-0.3, -0.25) is 19.3 Å². The third-order valence-electron chi connectivity index (χ3n) is 7.35. The molecule has 1 aromatic heterocycles. The third kappa shape index (κ3) is 3.36. The summed E-state index contributed by atoms with van der Waals surface area (Å²) >= 11 is 1.32. The fourth-order valence-corrected chi connectivity index (χ4v) is 6.53. The number of aromatic nitrogens is 1. The lowest BCUT2D eigenvalue weighted by Gasteiger charge is -2.54. The number of fused-ring (bicyclic) bond motifs is 4. The third-order valence-corrected chi connectivity index (χ3v) is 8.45. The van der Waals surface area contributed by atoms with Crippen molar-refractivity contribution in [1.29, 1.82) is 0 Å². The Bertz CT molecular complexity index is 1530. The van der Waals surface area contributed by atoms with Crippen molar-refractivity contribution < 1.29 is 20.1 Å². The zero-order valence-corrected chi connectivity index (χ0v) is 20.6. The van der Waals surface area contributed by atoms with Gasteiger partial charge in [0.1, 0.15) is 6.17 Å². The molecule has 2 atom stereocenters. The molecule has 0 saturated carbocycles. The minimum atomic E-state index is -1.84. The van der Waals surface area contributed by atoms with Crippen molar-refractivity contribution in [3.05, 3.63) is 92.9 Å². The smallest absolute Gasteiger partial charge is 0.278 e. The molecule has 6 rings (SSSR count). The standard InChI is InChI=1S/C27H25F2N3O3S/c1-27(2)10-12-30-21(13-27)32(31-11-9-19(33)25(34)24(31)26(30)35)23-15-7-8-18(28)22(29)17(15)14-36-20-6-4-3-5-16(20)23/h3-9,11,21,23,34H,10,12-14H2,1-2H3/t21-,23-/m1/s1/i23D. The summed E-state index contributed by atoms with van der Waals surface area (Å²) in [6, 6.07) is 9.00. The van der Waals surface area contributed by atoms with Crippen LogP contribution in [0.4, 0.5) is 8.78 Å². The molecule has 3 aromatic rings. The molecule has 1 saturated heterocycles. The Balaban J connectivity index is 1.73. The van der Waals surface area contributed by atoms with Gasteiger partial charge in [-0.1, -0.05) is 38.1 Å². The molecule has 6 nitrogen and oxygen atoms in total. The molecule has 0 radical (unpaired) electrons. The molecule has 0 unspecified atom stereocenters. The van der Waals surface area contributed by atoms with Gasteiger partial charge in [-0.25, -0.2) is 8.78 Å². The summed E-state index contributed by atoms with van der Waals surface area (Å²) in [6.07, 6.45) is 1.90. The van der Waals surface area contributed by atoms with E-state index in [1.807, 2.05) is 12.1 Å². The molecule has 0 bridgehead atoms. The molecule has 3 aliphatic heterocycles. The monoisotopic (exact) mass is 510 g/mol. The quantitative estimate of drug-likeness (QED) is 0.511. The number of nitrogens with zero attached hydrogens (tertiary/aromatic N) is 3. The van der Waals surface area contributed by atoms with Crippen LogP contribution in [0, 0.1) is 17.0 Å². The summed E-state index contributed by atoms with van der Waals surface area (Å²) < 4.78 is 41.3. The molecule has 3 aliphatic rings. The number of hydrogen-bond donors (Lipinski definition) is 1. The second-order valence-corrected chi connectivity index (χ2v) is 11.2. The van der Waals surface area contributed by atoms with Crippen molar-refractivity contribution in [3.63, 3.8) is 0 Å². The highest BCUT2D eigenvalue weighted by atomic mass is 32.2. The van der Waals surface area contributed by atoms with Crippen molar-refractivity contribution in [3.8, 4) is 5.75 Å². The highest BCUT2D eigenvalue weighted by Gasteiger charge is 2.48. The molecule has 1 amide bonds. The Morgan fingerprint density at radius 2 is 1.89 bits per heavy atom. The van der Waals surface area contributed by atoms with Crippen molar-refractivity contribution in [2.24, 2.45) is 5.41 Å². The van der Waals surface area contributed by atoms with Gasteiger partial charge in [0.05, 0.1) is 7.39 Å². The normalized spacial score (nSPS) is 24.7. The van der Waals surface area contributed by atoms with Gasteiger partial charge in [-0.05, 0) is 41.5 Å². The lowest BCUT2D eigenvalue weighted by Crippen LogP contribution is -2.65. The number of thioether (sulfide) groups is 1. The molecule has 186 valence electrons. The van der Waals surface area contributed by atoms with Gasteiger partial charge in [0.25, 0.3) is 5.91 Å². The number of hydrogen-bond acceptors (Lipinski definition) is 5. The number of benzene rings is 2. The number of amides is 1. The largest absolute Gasteiger partial charge is 0.502 e. The van der Waals surface area contributed by atoms with Gasteiger partial charge >= 0.3 is 0 Å². The van der Waals surface area contributed by atoms with Crippen LogP contribution in [0.5, 0.6) is 5.75 Å². The Morgan fingerprint density at radius 1 is 1.11 bits per heavy atom. The summed E-state index contributed by atoms with van der Waals surface area (Å²) in [6.45, 7) is 4.52. The number of halogens is 2. The van der Waals surface area contributed by atoms with Crippen LogP contribution in [0.3, 0.4) is 0 Å². The Morgan fingerprint density at radius 3 is 2.69 bits per heavy atom. The van der Waals surface area contributed by atoms with E-state index < -0.39 is 40.9 Å². The molecular weight excluding hydrogens is 484 g/mol. The maximum Gasteiger partial charge on any atom is 0.278 e. The van der Waals surface area contributed by atoms with E-state index in [1.165, 1.54) is 28.7 Å². The van der Waals surface area contributed by atoms with E-state index in [-0.39, 0.29) is 28.0 Å². The van der Waals surface area contributed by atoms with E-state index in [2.05, 4.69) is 13.8 Å². The Hall–Kier alpha value is -3.33. The van der Waals surface area contributed by atoms with E-state index in [9.17, 15) is 20.5 Å². The Kier molecular flexibility index (Phi) is 4.93. The maximum absolute atomic E-state index is 15.3. The van der Waals surface area contributed by atoms with Crippen LogP contribution in [-0.2, 0) is 5.75 Å². The summed E-state index contributed by atoms with van der Waals surface area (Å²) in [5.41, 5.74) is -0.295. The lowest BCUT2D eigenvalue weighted by molar-refractivity contribution is 0.0244. The number of carbonyl (C=O) groups is 1. The van der Waals surface area contributed by atoms with Gasteiger partial charge in [0.15, 0.2) is 23.1 Å². The predicted octanol–water partition coefficient (Wildman–Crippen LogP) is 4.77. The van der Waals surface area contributed by atoms with Crippen LogP contribution in [0.25, 0.3) is 0 Å². The molecule has 9 heteroatoms. The minimum absolute atomic E-state index is 0.0709. The topological polar surface area (TPSA) is 65.8 Å². The molecule has 1 fully saturated rings. The van der Waals surface area contributed by atoms with Crippen LogP contribution in [0.2, 0.25) is 0 Å². The molecule has 0 spiro atoms. The van der Waals surface area contributed by atoms with Gasteiger partial charge in [0, 0.05) is 35.0 Å². The molecule has 1 N–H and O–H groups in total. The highest BCUT2D eigenvalue weighted by molar-refractivity contribution is 7.98. The van der Waals surface area contributed by atoms with Gasteiger partial charge in [-0.2, -0.15) is 0 Å². The predicted molar refractivity (Wildman–Crippen MR) is 133 cm³/mol. The zero-order chi connectivity index (χ0) is 26.3. The average molecular weight is 511 g/mol. The number of piperidine rings is 1. The number of carbonyl (C=O) groups excluding carboxylic acids is 1. The first-order valence-corrected chi connectivity index (χ1v) is 12.8. The van der Waals surface area contributed by atoms with Crippen LogP contribution in [0.15, 0.2) is 58.4 Å². The van der Waals surface area contributed by atoms with E-state index >= 15 is 4.39 Å². The van der Waals surface area contributed by atoms with Crippen molar-refractivity contribution in [1.82, 2.24) is 9.58 Å². The van der Waals surface area contributed by atoms with Crippen LogP contribution in [0.1, 0.15) is 61.3 Å². The van der Waals surface area contributed by atoms with Crippen molar-refractivity contribution in [2.45, 2.75) is 49.5 Å². The van der Waals surface area contributed by atoms with Crippen LogP contribution >= 0.6 is 11.8 Å². The first-order chi connectivity index (χ1) is 17.5. The summed E-state index contributed by atoms with van der Waals surface area (Å²) in [5.74, 6) is -3.09. The molecule has 36 heavy (non-hydrogen) atoms. The summed E-state index contributed by atoms with van der Waals surface area (Å²) in [5, 5.41) is 12.4. The van der Waals surface area contributed by atoms with Gasteiger partial charge in [0.2, 0.25) is 5.43 Å². The SMILES string of the molecule is [2H][C@]1(N2[C@@H]3CC(C)(C)CCN3C(=O)c3c(O)c(=O)ccn32)c2ccccc2SCc2c1ccc(F)c2F. The van der Waals surface area contributed by atoms with Gasteiger partial charge in [-0.15, -0.1) is 11.8 Å². The zero-order valence-electron chi connectivity index (χ0n) is 20.8. The summed E-state index contributed by atoms with van der Waals surface area (Å²) in [7, 11) is 0. The number of aromatic hydroxyl groups is 1. The summed E-state index contributed by atoms with van der Waals surface area (Å²) in [4.78, 5) is 28.3. The first kappa shape index (κ1) is 21.9. The van der Waals surface area contributed by atoms with Crippen LogP contribution in [-0.4, -0.2) is 33.3 Å². The molecule has 4 heterocycles. The number of pyridine rings is 1. The van der Waals surface area contributed by atoms with E-state index in [4.69, 9.17) is 0 Å². The van der Waals surface area contributed by atoms with Gasteiger partial charge < -0.3 is 10.0 Å². The Labute approximate surface area is 212 Å². The second kappa shape index (κ2) is 8.09. The maximum atomic E-state index is 15.3. The molecular formula is C27H25F2N3O3S. The minimum Gasteiger partial charge on any atom is -0.502 e. The fraction of sp³-hybridized carbons (Fsp3) is 0.333. The molecule has 0 aliphatic carbocycles. The lowest BCUT2D eigenvalue weighted by atomic mass is 9.79. The fourth-order valence-electron chi connectivity index (χ4n) is 5.45. The van der Waals surface area contributed by atoms with Crippen molar-refractivity contribution >= 4 is 17.7 Å². The van der Waals surface area contributed by atoms with Crippen LogP contribution < -0.4 is 10.4 Å². The second-order valence-electron chi connectivity index (χ2n) is 10.2. The highest BCUT2D eigenvalue weighted by Crippen LogP contribution is 2.47.